The van der Waals surface area contributed by atoms with Crippen LogP contribution in [0.2, 0.25) is 5.02 Å². The standard InChI is InChI=1S/C37H39ClN8O3S/c1-37(2,3)32-21-34(46(43-32)26-10-8-11-27(20-26)49-18-17-44(4)5)40-36(48)39-22-24-9-6-7-12-31(24)50-28-14-16-33-41-42-35(45(33)23-28)29-19-25(38)13-15-30(29)47/h6-16,19-21,23,47H,17-18,22H2,1-5H3,(H2,39,40,48). The van der Waals surface area contributed by atoms with Gasteiger partial charge in [0.05, 0.1) is 16.9 Å². The molecule has 0 saturated carbocycles. The first kappa shape index (κ1) is 34.8. The van der Waals surface area contributed by atoms with E-state index in [2.05, 4.69) is 46.5 Å². The molecule has 6 rings (SSSR count). The maximum absolute atomic E-state index is 13.4. The maximum atomic E-state index is 13.4. The molecule has 0 saturated heterocycles. The van der Waals surface area contributed by atoms with Crippen molar-refractivity contribution in [2.75, 3.05) is 32.6 Å². The average Bonchev–Trinajstić information content (AvgIpc) is 3.70. The Kier molecular flexibility index (Phi) is 10.3. The van der Waals surface area contributed by atoms with Gasteiger partial charge in [0.1, 0.15) is 23.9 Å². The molecule has 0 atom stereocenters. The van der Waals surface area contributed by atoms with Crippen LogP contribution < -0.4 is 15.4 Å². The van der Waals surface area contributed by atoms with Crippen molar-refractivity contribution < 1.29 is 14.6 Å². The molecule has 50 heavy (non-hydrogen) atoms. The van der Waals surface area contributed by atoms with Crippen LogP contribution in [0.3, 0.4) is 0 Å². The van der Waals surface area contributed by atoms with E-state index in [4.69, 9.17) is 21.4 Å². The maximum Gasteiger partial charge on any atom is 0.320 e. The predicted octanol–water partition coefficient (Wildman–Crippen LogP) is 7.65. The number of aromatic nitrogens is 5. The fourth-order valence-corrected chi connectivity index (χ4v) is 6.24. The Morgan fingerprint density at radius 2 is 1.82 bits per heavy atom. The van der Waals surface area contributed by atoms with E-state index < -0.39 is 0 Å². The van der Waals surface area contributed by atoms with Crippen LogP contribution in [0.15, 0.2) is 101 Å². The van der Waals surface area contributed by atoms with Gasteiger partial charge in [-0.1, -0.05) is 68.4 Å². The summed E-state index contributed by atoms with van der Waals surface area (Å²) in [4.78, 5) is 17.3. The molecule has 13 heteroatoms. The highest BCUT2D eigenvalue weighted by Crippen LogP contribution is 2.34. The largest absolute Gasteiger partial charge is 0.507 e. The molecule has 6 aromatic rings. The minimum absolute atomic E-state index is 0.0623. The van der Waals surface area contributed by atoms with E-state index in [-0.39, 0.29) is 17.2 Å². The minimum Gasteiger partial charge on any atom is -0.507 e. The van der Waals surface area contributed by atoms with Crippen LogP contribution in [-0.4, -0.2) is 67.7 Å². The van der Waals surface area contributed by atoms with Gasteiger partial charge in [-0.15, -0.1) is 10.2 Å². The summed E-state index contributed by atoms with van der Waals surface area (Å²) in [7, 11) is 4.01. The Labute approximate surface area is 300 Å². The van der Waals surface area contributed by atoms with E-state index in [9.17, 15) is 9.90 Å². The second kappa shape index (κ2) is 14.8. The van der Waals surface area contributed by atoms with Gasteiger partial charge in [-0.05, 0) is 68.2 Å². The van der Waals surface area contributed by atoms with Crippen LogP contribution in [0.25, 0.3) is 22.7 Å². The van der Waals surface area contributed by atoms with Gasteiger partial charge in [-0.3, -0.25) is 9.72 Å². The normalized spacial score (nSPS) is 11.7. The first-order valence-electron chi connectivity index (χ1n) is 16.1. The number of fused-ring (bicyclic) bond motifs is 1. The lowest BCUT2D eigenvalue weighted by Gasteiger charge is -2.14. The highest BCUT2D eigenvalue weighted by Gasteiger charge is 2.22. The number of nitrogens with one attached hydrogen (secondary N) is 2. The molecule has 0 fully saturated rings. The van der Waals surface area contributed by atoms with Gasteiger partial charge in [-0.25, -0.2) is 9.48 Å². The smallest absolute Gasteiger partial charge is 0.320 e. The molecule has 0 aliphatic carbocycles. The summed E-state index contributed by atoms with van der Waals surface area (Å²) in [6.45, 7) is 7.90. The lowest BCUT2D eigenvalue weighted by atomic mass is 9.92. The molecule has 11 nitrogen and oxygen atoms in total. The van der Waals surface area contributed by atoms with Crippen molar-refractivity contribution in [3.8, 4) is 28.6 Å². The van der Waals surface area contributed by atoms with Gasteiger partial charge in [0.25, 0.3) is 0 Å². The molecule has 0 bridgehead atoms. The number of pyridine rings is 1. The van der Waals surface area contributed by atoms with E-state index in [1.165, 1.54) is 6.07 Å². The first-order valence-corrected chi connectivity index (χ1v) is 17.3. The summed E-state index contributed by atoms with van der Waals surface area (Å²) < 4.78 is 9.52. The van der Waals surface area contributed by atoms with E-state index in [1.807, 2.05) is 91.4 Å². The lowest BCUT2D eigenvalue weighted by molar-refractivity contribution is 0.251. The fraction of sp³-hybridized carbons (Fsp3) is 0.243. The summed E-state index contributed by atoms with van der Waals surface area (Å²) in [6, 6.07) is 25.8. The van der Waals surface area contributed by atoms with E-state index in [0.717, 1.165) is 39.0 Å². The predicted molar refractivity (Wildman–Crippen MR) is 198 cm³/mol. The average molecular weight is 711 g/mol. The van der Waals surface area contributed by atoms with Gasteiger partial charge in [0, 0.05) is 51.6 Å². The number of phenols is 1. The summed E-state index contributed by atoms with van der Waals surface area (Å²) in [6.07, 6.45) is 1.92. The number of urea groups is 1. The SMILES string of the molecule is CN(C)CCOc1cccc(-n2nc(C(C)(C)C)cc2NC(=O)NCc2ccccc2Sc2ccc3nnc(-c4cc(Cl)ccc4O)n3c2)c1. The number of anilines is 1. The summed E-state index contributed by atoms with van der Waals surface area (Å²) in [5, 5.41) is 30.4. The third kappa shape index (κ3) is 8.21. The number of aromatic hydroxyl groups is 1. The third-order valence-electron chi connectivity index (χ3n) is 7.80. The van der Waals surface area contributed by atoms with Crippen molar-refractivity contribution in [1.29, 1.82) is 0 Å². The van der Waals surface area contributed by atoms with Crippen molar-refractivity contribution in [2.24, 2.45) is 0 Å². The van der Waals surface area contributed by atoms with E-state index >= 15 is 0 Å². The zero-order valence-corrected chi connectivity index (χ0v) is 30.1. The van der Waals surface area contributed by atoms with Crippen LogP contribution in [0.1, 0.15) is 32.0 Å². The summed E-state index contributed by atoms with van der Waals surface area (Å²) in [5.41, 5.74) is 3.44. The molecular formula is C37H39ClN8O3S. The van der Waals surface area contributed by atoms with E-state index in [1.54, 1.807) is 28.6 Å². The monoisotopic (exact) mass is 710 g/mol. The first-order chi connectivity index (χ1) is 23.9. The molecular weight excluding hydrogens is 672 g/mol. The second-order valence-electron chi connectivity index (χ2n) is 13.0. The molecule has 3 aromatic heterocycles. The Morgan fingerprint density at radius 3 is 2.62 bits per heavy atom. The molecule has 2 amide bonds. The van der Waals surface area contributed by atoms with Crippen LogP contribution in [0.4, 0.5) is 10.6 Å². The summed E-state index contributed by atoms with van der Waals surface area (Å²) in [5.74, 6) is 1.81. The van der Waals surface area contributed by atoms with Crippen LogP contribution >= 0.6 is 23.4 Å². The number of rotatable bonds is 11. The number of nitrogens with zero attached hydrogens (tertiary/aromatic N) is 6. The molecule has 0 radical (unpaired) electrons. The molecule has 0 unspecified atom stereocenters. The topological polar surface area (TPSA) is 122 Å². The molecule has 0 spiro atoms. The Bertz CT molecular complexity index is 2140. The zero-order valence-electron chi connectivity index (χ0n) is 28.5. The molecule has 3 N–H and O–H groups in total. The lowest BCUT2D eigenvalue weighted by Crippen LogP contribution is -2.29. The van der Waals surface area contributed by atoms with Crippen LogP contribution in [0, 0.1) is 0 Å². The molecule has 0 aliphatic rings. The van der Waals surface area contributed by atoms with Crippen molar-refractivity contribution in [1.82, 2.24) is 34.6 Å². The number of amides is 2. The van der Waals surface area contributed by atoms with Gasteiger partial charge < -0.3 is 20.1 Å². The van der Waals surface area contributed by atoms with Crippen molar-refractivity contribution >= 4 is 40.9 Å². The molecule has 3 heterocycles. The molecule has 3 aromatic carbocycles. The molecule has 258 valence electrons. The molecule has 0 aliphatic heterocycles. The van der Waals surface area contributed by atoms with Crippen LogP contribution in [-0.2, 0) is 12.0 Å². The van der Waals surface area contributed by atoms with Gasteiger partial charge in [0.2, 0.25) is 0 Å². The number of carbonyl (C=O) groups excluding carboxylic acids is 1. The Morgan fingerprint density at radius 1 is 1.00 bits per heavy atom. The summed E-state index contributed by atoms with van der Waals surface area (Å²) >= 11 is 7.75. The number of halogens is 1. The van der Waals surface area contributed by atoms with Crippen LogP contribution in [0.5, 0.6) is 11.5 Å². The van der Waals surface area contributed by atoms with Gasteiger partial charge in [-0.2, -0.15) is 5.10 Å². The minimum atomic E-state index is -0.360. The highest BCUT2D eigenvalue weighted by atomic mass is 35.5. The van der Waals surface area contributed by atoms with Gasteiger partial charge in [0.15, 0.2) is 11.5 Å². The Hall–Kier alpha value is -5.04. The number of phenolic OH excluding ortho intramolecular Hbond substituents is 1. The zero-order chi connectivity index (χ0) is 35.4. The van der Waals surface area contributed by atoms with Crippen molar-refractivity contribution in [2.45, 2.75) is 42.5 Å². The van der Waals surface area contributed by atoms with Crippen molar-refractivity contribution in [3.05, 3.63) is 107 Å². The number of ether oxygens (including phenoxy) is 1. The fourth-order valence-electron chi connectivity index (χ4n) is 5.10. The van der Waals surface area contributed by atoms with Gasteiger partial charge >= 0.3 is 6.03 Å². The number of benzene rings is 3. The second-order valence-corrected chi connectivity index (χ2v) is 14.6. The van der Waals surface area contributed by atoms with E-state index in [0.29, 0.717) is 41.0 Å². The number of carbonyl (C=O) groups is 1. The highest BCUT2D eigenvalue weighted by molar-refractivity contribution is 7.99. The number of hydrogen-bond acceptors (Lipinski definition) is 8. The Balaban J connectivity index is 1.18. The van der Waals surface area contributed by atoms with Crippen molar-refractivity contribution in [3.63, 3.8) is 0 Å². The number of likely N-dealkylation sites (N-methyl/N-ethyl adjacent to an activating group) is 1. The third-order valence-corrected chi connectivity index (χ3v) is 9.13. The quantitative estimate of drug-likeness (QED) is 0.125. The number of hydrogen-bond donors (Lipinski definition) is 3.